The number of rotatable bonds is 5. The third-order valence-corrected chi connectivity index (χ3v) is 4.39. The van der Waals surface area contributed by atoms with Gasteiger partial charge in [0.2, 0.25) is 5.91 Å². The number of carbonyl (C=O) groups is 1. The highest BCUT2D eigenvalue weighted by Gasteiger charge is 2.13. The van der Waals surface area contributed by atoms with Gasteiger partial charge in [-0.25, -0.2) is 0 Å². The highest BCUT2D eigenvalue weighted by atomic mass is 16.5. The predicted molar refractivity (Wildman–Crippen MR) is 97.6 cm³/mol. The van der Waals surface area contributed by atoms with Crippen molar-refractivity contribution < 1.29 is 9.53 Å². The zero-order chi connectivity index (χ0) is 16.8. The molecule has 3 rings (SSSR count). The van der Waals surface area contributed by atoms with E-state index >= 15 is 0 Å². The SMILES string of the molecule is CC(CC(=O)Nc1ccc(N2CCOCC2)cc1)c1ccccc1. The smallest absolute Gasteiger partial charge is 0.224 e. The standard InChI is InChI=1S/C20H24N2O2/c1-16(17-5-3-2-4-6-17)15-20(23)21-18-7-9-19(10-8-18)22-11-13-24-14-12-22/h2-10,16H,11-15H2,1H3,(H,21,23). The van der Waals surface area contributed by atoms with Gasteiger partial charge in [0.1, 0.15) is 0 Å². The Kier molecular flexibility index (Phi) is 5.49. The van der Waals surface area contributed by atoms with Gasteiger partial charge >= 0.3 is 0 Å². The van der Waals surface area contributed by atoms with Crippen molar-refractivity contribution in [3.63, 3.8) is 0 Å². The highest BCUT2D eigenvalue weighted by molar-refractivity contribution is 5.91. The number of anilines is 2. The lowest BCUT2D eigenvalue weighted by Gasteiger charge is -2.28. The second kappa shape index (κ2) is 7.97. The van der Waals surface area contributed by atoms with E-state index in [1.54, 1.807) is 0 Å². The number of carbonyl (C=O) groups excluding carboxylic acids is 1. The molecule has 1 amide bonds. The summed E-state index contributed by atoms with van der Waals surface area (Å²) >= 11 is 0. The van der Waals surface area contributed by atoms with Crippen molar-refractivity contribution in [3.05, 3.63) is 60.2 Å². The molecule has 24 heavy (non-hydrogen) atoms. The van der Waals surface area contributed by atoms with E-state index in [1.807, 2.05) is 30.3 Å². The van der Waals surface area contributed by atoms with Crippen LogP contribution in [0.3, 0.4) is 0 Å². The Morgan fingerprint density at radius 1 is 1.08 bits per heavy atom. The number of nitrogens with zero attached hydrogens (tertiary/aromatic N) is 1. The first-order valence-corrected chi connectivity index (χ1v) is 8.50. The fraction of sp³-hybridized carbons (Fsp3) is 0.350. The molecule has 0 saturated carbocycles. The van der Waals surface area contributed by atoms with E-state index in [2.05, 4.69) is 41.4 Å². The van der Waals surface area contributed by atoms with E-state index in [-0.39, 0.29) is 11.8 Å². The van der Waals surface area contributed by atoms with Crippen LogP contribution in [0.15, 0.2) is 54.6 Å². The first-order chi connectivity index (χ1) is 11.7. The molecule has 0 radical (unpaired) electrons. The Labute approximate surface area is 143 Å². The van der Waals surface area contributed by atoms with E-state index in [1.165, 1.54) is 11.3 Å². The summed E-state index contributed by atoms with van der Waals surface area (Å²) in [6, 6.07) is 18.2. The van der Waals surface area contributed by atoms with E-state index in [0.29, 0.717) is 6.42 Å². The molecule has 0 bridgehead atoms. The second-order valence-corrected chi connectivity index (χ2v) is 6.21. The molecular weight excluding hydrogens is 300 g/mol. The van der Waals surface area contributed by atoms with Gasteiger partial charge in [-0.3, -0.25) is 4.79 Å². The van der Waals surface area contributed by atoms with E-state index in [4.69, 9.17) is 4.74 Å². The summed E-state index contributed by atoms with van der Waals surface area (Å²) in [7, 11) is 0. The van der Waals surface area contributed by atoms with Crippen LogP contribution in [0.1, 0.15) is 24.8 Å². The molecule has 4 nitrogen and oxygen atoms in total. The number of benzene rings is 2. The molecule has 2 aromatic rings. The Bertz CT molecular complexity index is 649. The van der Waals surface area contributed by atoms with Crippen LogP contribution in [0.5, 0.6) is 0 Å². The van der Waals surface area contributed by atoms with Gasteiger partial charge in [0.05, 0.1) is 13.2 Å². The fourth-order valence-electron chi connectivity index (χ4n) is 2.97. The minimum atomic E-state index is 0.0467. The van der Waals surface area contributed by atoms with Crippen molar-refractivity contribution in [2.45, 2.75) is 19.3 Å². The summed E-state index contributed by atoms with van der Waals surface area (Å²) in [5, 5.41) is 2.99. The summed E-state index contributed by atoms with van der Waals surface area (Å²) in [5.41, 5.74) is 3.21. The van der Waals surface area contributed by atoms with E-state index < -0.39 is 0 Å². The van der Waals surface area contributed by atoms with Crippen molar-refractivity contribution in [1.29, 1.82) is 0 Å². The van der Waals surface area contributed by atoms with Crippen molar-refractivity contribution in [2.75, 3.05) is 36.5 Å². The number of ether oxygens (including phenoxy) is 1. The van der Waals surface area contributed by atoms with Crippen molar-refractivity contribution >= 4 is 17.3 Å². The van der Waals surface area contributed by atoms with Gasteiger partial charge in [-0.2, -0.15) is 0 Å². The number of amides is 1. The van der Waals surface area contributed by atoms with Crippen LogP contribution in [0, 0.1) is 0 Å². The summed E-state index contributed by atoms with van der Waals surface area (Å²) in [6.45, 7) is 5.46. The monoisotopic (exact) mass is 324 g/mol. The minimum Gasteiger partial charge on any atom is -0.378 e. The molecular formula is C20H24N2O2. The fourth-order valence-corrected chi connectivity index (χ4v) is 2.97. The first-order valence-electron chi connectivity index (χ1n) is 8.50. The molecule has 4 heteroatoms. The zero-order valence-corrected chi connectivity index (χ0v) is 14.1. The minimum absolute atomic E-state index is 0.0467. The number of hydrogen-bond donors (Lipinski definition) is 1. The quantitative estimate of drug-likeness (QED) is 0.912. The Balaban J connectivity index is 1.54. The van der Waals surface area contributed by atoms with Crippen LogP contribution in [0.25, 0.3) is 0 Å². The summed E-state index contributed by atoms with van der Waals surface area (Å²) in [4.78, 5) is 14.5. The summed E-state index contributed by atoms with van der Waals surface area (Å²) in [6.07, 6.45) is 0.481. The molecule has 1 aliphatic rings. The normalized spacial score (nSPS) is 15.8. The third kappa shape index (κ3) is 4.36. The lowest BCUT2D eigenvalue weighted by atomic mass is 9.97. The summed E-state index contributed by atoms with van der Waals surface area (Å²) in [5.74, 6) is 0.254. The van der Waals surface area contributed by atoms with E-state index in [0.717, 1.165) is 32.0 Å². The Morgan fingerprint density at radius 2 is 1.75 bits per heavy atom. The average Bonchev–Trinajstić information content (AvgIpc) is 2.64. The number of morpholine rings is 1. The largest absolute Gasteiger partial charge is 0.378 e. The maximum absolute atomic E-state index is 12.2. The topological polar surface area (TPSA) is 41.6 Å². The van der Waals surface area contributed by atoms with Gasteiger partial charge in [-0.1, -0.05) is 37.3 Å². The maximum Gasteiger partial charge on any atom is 0.224 e. The van der Waals surface area contributed by atoms with Gasteiger partial charge < -0.3 is 15.0 Å². The van der Waals surface area contributed by atoms with E-state index in [9.17, 15) is 4.79 Å². The molecule has 0 aromatic heterocycles. The molecule has 1 saturated heterocycles. The molecule has 1 aliphatic heterocycles. The molecule has 1 N–H and O–H groups in total. The summed E-state index contributed by atoms with van der Waals surface area (Å²) < 4.78 is 5.37. The van der Waals surface area contributed by atoms with Crippen molar-refractivity contribution in [2.24, 2.45) is 0 Å². The molecule has 0 aliphatic carbocycles. The van der Waals surface area contributed by atoms with Crippen LogP contribution >= 0.6 is 0 Å². The highest BCUT2D eigenvalue weighted by Crippen LogP contribution is 2.21. The van der Waals surface area contributed by atoms with Gasteiger partial charge in [0.15, 0.2) is 0 Å². The Morgan fingerprint density at radius 3 is 2.42 bits per heavy atom. The Hall–Kier alpha value is -2.33. The van der Waals surface area contributed by atoms with Crippen LogP contribution in [0.4, 0.5) is 11.4 Å². The average molecular weight is 324 g/mol. The van der Waals surface area contributed by atoms with Crippen molar-refractivity contribution in [3.8, 4) is 0 Å². The lowest BCUT2D eigenvalue weighted by molar-refractivity contribution is -0.116. The van der Waals surface area contributed by atoms with Gasteiger partial charge in [-0.15, -0.1) is 0 Å². The van der Waals surface area contributed by atoms with Gasteiger partial charge in [0, 0.05) is 30.9 Å². The number of hydrogen-bond acceptors (Lipinski definition) is 3. The molecule has 1 heterocycles. The van der Waals surface area contributed by atoms with Gasteiger partial charge in [-0.05, 0) is 35.7 Å². The number of nitrogens with one attached hydrogen (secondary N) is 1. The molecule has 1 atom stereocenters. The first kappa shape index (κ1) is 16.5. The van der Waals surface area contributed by atoms with Crippen LogP contribution in [-0.4, -0.2) is 32.2 Å². The molecule has 0 spiro atoms. The van der Waals surface area contributed by atoms with Crippen LogP contribution in [0.2, 0.25) is 0 Å². The molecule has 2 aromatic carbocycles. The zero-order valence-electron chi connectivity index (χ0n) is 14.1. The maximum atomic E-state index is 12.2. The van der Waals surface area contributed by atoms with Crippen LogP contribution < -0.4 is 10.2 Å². The van der Waals surface area contributed by atoms with Crippen molar-refractivity contribution in [1.82, 2.24) is 0 Å². The van der Waals surface area contributed by atoms with Gasteiger partial charge in [0.25, 0.3) is 0 Å². The van der Waals surface area contributed by atoms with Crippen LogP contribution in [-0.2, 0) is 9.53 Å². The molecule has 126 valence electrons. The third-order valence-electron chi connectivity index (χ3n) is 4.39. The lowest BCUT2D eigenvalue weighted by Crippen LogP contribution is -2.36. The predicted octanol–water partition coefficient (Wildman–Crippen LogP) is 3.66. The molecule has 1 fully saturated rings. The second-order valence-electron chi connectivity index (χ2n) is 6.21. The molecule has 1 unspecified atom stereocenters.